The van der Waals surface area contributed by atoms with E-state index in [1.54, 1.807) is 17.5 Å². The van der Waals surface area contributed by atoms with Crippen LogP contribution in [-0.4, -0.2) is 12.0 Å². The van der Waals surface area contributed by atoms with Crippen LogP contribution in [0.5, 0.6) is 0 Å². The number of pyridine rings is 1. The molecule has 0 saturated carbocycles. The maximum Gasteiger partial charge on any atom is 0.147 e. The Morgan fingerprint density at radius 3 is 2.88 bits per heavy atom. The van der Waals surface area contributed by atoms with Gasteiger partial charge in [0, 0.05) is 26.3 Å². The Labute approximate surface area is 110 Å². The molecule has 0 aromatic carbocycles. The topological polar surface area (TPSA) is 42.2 Å². The van der Waals surface area contributed by atoms with Gasteiger partial charge in [-0.15, -0.1) is 0 Å². The van der Waals surface area contributed by atoms with Crippen molar-refractivity contribution in [1.29, 1.82) is 0 Å². The average molecular weight is 268 g/mol. The van der Waals surface area contributed by atoms with Gasteiger partial charge in [0.15, 0.2) is 0 Å². The van der Waals surface area contributed by atoms with Crippen LogP contribution in [0.25, 0.3) is 0 Å². The molecule has 2 rings (SSSR count). The van der Waals surface area contributed by atoms with Gasteiger partial charge < -0.3 is 10.6 Å². The second-order valence-corrected chi connectivity index (χ2v) is 5.03. The third kappa shape index (κ3) is 2.97. The number of nitrogens with zero attached hydrogens (tertiary/aromatic N) is 2. The van der Waals surface area contributed by atoms with Gasteiger partial charge in [-0.1, -0.05) is 11.6 Å². The zero-order valence-electron chi connectivity index (χ0n) is 9.56. The van der Waals surface area contributed by atoms with Crippen molar-refractivity contribution in [3.63, 3.8) is 0 Å². The van der Waals surface area contributed by atoms with E-state index in [9.17, 15) is 0 Å². The summed E-state index contributed by atoms with van der Waals surface area (Å²) < 4.78 is 0. The quantitative estimate of drug-likeness (QED) is 0.926. The fourth-order valence-electron chi connectivity index (χ4n) is 1.59. The molecule has 0 radical (unpaired) electrons. The number of halogens is 1. The Kier molecular flexibility index (Phi) is 3.99. The monoisotopic (exact) mass is 267 g/mol. The van der Waals surface area contributed by atoms with Crippen LogP contribution in [0, 0.1) is 0 Å². The van der Waals surface area contributed by atoms with Gasteiger partial charge in [-0.05, 0) is 34.0 Å². The average Bonchev–Trinajstić information content (AvgIpc) is 2.81. The van der Waals surface area contributed by atoms with Gasteiger partial charge in [0.1, 0.15) is 5.82 Å². The number of nitrogens with two attached hydrogens (primary N) is 1. The fraction of sp³-hybridized carbons (Fsp3) is 0.250. The minimum absolute atomic E-state index is 0.460. The van der Waals surface area contributed by atoms with Crippen molar-refractivity contribution < 1.29 is 0 Å². The highest BCUT2D eigenvalue weighted by Gasteiger charge is 2.09. The van der Waals surface area contributed by atoms with Gasteiger partial charge in [0.2, 0.25) is 0 Å². The second kappa shape index (κ2) is 5.49. The van der Waals surface area contributed by atoms with E-state index in [2.05, 4.69) is 21.8 Å². The Morgan fingerprint density at radius 1 is 1.47 bits per heavy atom. The van der Waals surface area contributed by atoms with Crippen LogP contribution in [0.3, 0.4) is 0 Å². The van der Waals surface area contributed by atoms with Crippen molar-refractivity contribution in [3.05, 3.63) is 45.2 Å². The molecule has 0 atom stereocenters. The summed E-state index contributed by atoms with van der Waals surface area (Å²) in [6, 6.07) is 3.97. The van der Waals surface area contributed by atoms with Crippen LogP contribution >= 0.6 is 22.9 Å². The van der Waals surface area contributed by atoms with Crippen molar-refractivity contribution >= 4 is 28.8 Å². The molecule has 0 saturated heterocycles. The lowest BCUT2D eigenvalue weighted by Gasteiger charge is -2.19. The van der Waals surface area contributed by atoms with Crippen LogP contribution in [-0.2, 0) is 13.1 Å². The van der Waals surface area contributed by atoms with E-state index in [1.165, 1.54) is 5.56 Å². The number of hydrogen-bond donors (Lipinski definition) is 1. The van der Waals surface area contributed by atoms with Crippen LogP contribution in [0.2, 0.25) is 5.02 Å². The predicted molar refractivity (Wildman–Crippen MR) is 73.6 cm³/mol. The molecule has 3 nitrogen and oxygen atoms in total. The third-order valence-electron chi connectivity index (χ3n) is 2.48. The van der Waals surface area contributed by atoms with Crippen LogP contribution < -0.4 is 10.6 Å². The molecule has 2 aromatic heterocycles. The molecule has 2 N–H and O–H groups in total. The summed E-state index contributed by atoms with van der Waals surface area (Å²) in [5.74, 6) is 0.787. The largest absolute Gasteiger partial charge is 0.354 e. The Morgan fingerprint density at radius 2 is 2.29 bits per heavy atom. The molecule has 0 aliphatic rings. The van der Waals surface area contributed by atoms with Crippen LogP contribution in [0.1, 0.15) is 11.1 Å². The van der Waals surface area contributed by atoms with Crippen LogP contribution in [0.15, 0.2) is 29.1 Å². The Bertz CT molecular complexity index is 485. The molecule has 0 spiro atoms. The van der Waals surface area contributed by atoms with Gasteiger partial charge in [0.05, 0.1) is 5.02 Å². The zero-order chi connectivity index (χ0) is 12.3. The van der Waals surface area contributed by atoms with Gasteiger partial charge in [-0.3, -0.25) is 0 Å². The highest BCUT2D eigenvalue weighted by molar-refractivity contribution is 7.07. The zero-order valence-corrected chi connectivity index (χ0v) is 11.1. The summed E-state index contributed by atoms with van der Waals surface area (Å²) in [6.45, 7) is 1.26. The molecule has 90 valence electrons. The lowest BCUT2D eigenvalue weighted by molar-refractivity contribution is 0.897. The smallest absolute Gasteiger partial charge is 0.147 e. The summed E-state index contributed by atoms with van der Waals surface area (Å²) in [5.41, 5.74) is 7.75. The minimum atomic E-state index is 0.460. The number of aromatic nitrogens is 1. The highest BCUT2D eigenvalue weighted by atomic mass is 35.5. The van der Waals surface area contributed by atoms with E-state index in [4.69, 9.17) is 17.3 Å². The van der Waals surface area contributed by atoms with Gasteiger partial charge in [-0.2, -0.15) is 11.3 Å². The van der Waals surface area contributed by atoms with E-state index in [0.29, 0.717) is 11.6 Å². The molecule has 0 fully saturated rings. The maximum absolute atomic E-state index is 6.19. The lowest BCUT2D eigenvalue weighted by Crippen LogP contribution is -2.18. The SMILES string of the molecule is CN(Cc1ccsc1)c1ncc(CN)cc1Cl. The molecule has 5 heteroatoms. The first kappa shape index (κ1) is 12.4. The molecular formula is C12H14ClN3S. The van der Waals surface area contributed by atoms with Crippen LogP contribution in [0.4, 0.5) is 5.82 Å². The molecule has 0 aliphatic heterocycles. The highest BCUT2D eigenvalue weighted by Crippen LogP contribution is 2.24. The van der Waals surface area contributed by atoms with E-state index < -0.39 is 0 Å². The summed E-state index contributed by atoms with van der Waals surface area (Å²) in [6.07, 6.45) is 1.77. The molecule has 2 aromatic rings. The summed E-state index contributed by atoms with van der Waals surface area (Å²) in [4.78, 5) is 6.38. The second-order valence-electron chi connectivity index (χ2n) is 3.84. The standard InChI is InChI=1S/C12H14ClN3S/c1-16(7-9-2-3-17-8-9)12-11(13)4-10(5-14)6-15-12/h2-4,6,8H,5,7,14H2,1H3. The van der Waals surface area contributed by atoms with Gasteiger partial charge in [0.25, 0.3) is 0 Å². The van der Waals surface area contributed by atoms with E-state index in [0.717, 1.165) is 17.9 Å². The fourth-order valence-corrected chi connectivity index (χ4v) is 2.59. The van der Waals surface area contributed by atoms with Gasteiger partial charge >= 0.3 is 0 Å². The first-order chi connectivity index (χ1) is 8.20. The molecule has 0 unspecified atom stereocenters. The predicted octanol–water partition coefficient (Wildman–Crippen LogP) is 2.89. The van der Waals surface area contributed by atoms with Crippen molar-refractivity contribution in [1.82, 2.24) is 4.98 Å². The Hall–Kier alpha value is -1.10. The molecule has 0 aliphatic carbocycles. The van der Waals surface area contributed by atoms with Crippen molar-refractivity contribution in [3.8, 4) is 0 Å². The minimum Gasteiger partial charge on any atom is -0.354 e. The van der Waals surface area contributed by atoms with E-state index in [1.807, 2.05) is 18.0 Å². The Balaban J connectivity index is 2.16. The first-order valence-electron chi connectivity index (χ1n) is 5.27. The summed E-state index contributed by atoms with van der Waals surface area (Å²) >= 11 is 7.88. The molecule has 0 amide bonds. The maximum atomic E-state index is 6.19. The normalized spacial score (nSPS) is 10.5. The number of thiophene rings is 1. The third-order valence-corrected chi connectivity index (χ3v) is 3.49. The molecule has 0 bridgehead atoms. The lowest BCUT2D eigenvalue weighted by atomic mass is 10.2. The molecular weight excluding hydrogens is 254 g/mol. The van der Waals surface area contributed by atoms with E-state index in [-0.39, 0.29) is 0 Å². The molecule has 2 heterocycles. The number of rotatable bonds is 4. The summed E-state index contributed by atoms with van der Waals surface area (Å²) in [5, 5.41) is 4.83. The van der Waals surface area contributed by atoms with Crippen molar-refractivity contribution in [2.45, 2.75) is 13.1 Å². The van der Waals surface area contributed by atoms with E-state index >= 15 is 0 Å². The number of hydrogen-bond acceptors (Lipinski definition) is 4. The molecule has 17 heavy (non-hydrogen) atoms. The van der Waals surface area contributed by atoms with Crippen molar-refractivity contribution in [2.24, 2.45) is 5.73 Å². The van der Waals surface area contributed by atoms with Gasteiger partial charge in [-0.25, -0.2) is 4.98 Å². The first-order valence-corrected chi connectivity index (χ1v) is 6.59. The van der Waals surface area contributed by atoms with Crippen molar-refractivity contribution in [2.75, 3.05) is 11.9 Å². The number of anilines is 1. The summed E-state index contributed by atoms with van der Waals surface area (Å²) in [7, 11) is 1.98.